The van der Waals surface area contributed by atoms with Gasteiger partial charge in [0.25, 0.3) is 0 Å². The number of rotatable bonds is 12. The lowest BCUT2D eigenvalue weighted by Gasteiger charge is -2.11. The fraction of sp³-hybridized carbons (Fsp3) is 0.400. The molecule has 1 unspecified atom stereocenters. The molecule has 8 nitrogen and oxygen atoms in total. The number of carbonyl (C=O) groups excluding carboxylic acids is 2. The van der Waals surface area contributed by atoms with Gasteiger partial charge in [0.15, 0.2) is 5.78 Å². The highest BCUT2D eigenvalue weighted by Crippen LogP contribution is 2.27. The van der Waals surface area contributed by atoms with E-state index >= 15 is 0 Å². The van der Waals surface area contributed by atoms with Gasteiger partial charge in [-0.05, 0) is 50.0 Å². The Morgan fingerprint density at radius 2 is 2.09 bits per heavy atom. The van der Waals surface area contributed by atoms with Crippen molar-refractivity contribution in [2.75, 3.05) is 13.7 Å². The number of Topliss-reactive ketones (excluding diaryl/α,β-unsaturated/α-hetero) is 1. The second kappa shape index (κ2) is 13.5. The van der Waals surface area contributed by atoms with E-state index in [9.17, 15) is 19.5 Å². The molecular weight excluding hydrogens is 458 g/mol. The summed E-state index contributed by atoms with van der Waals surface area (Å²) in [6.07, 6.45) is 6.45. The molecule has 2 aromatic heterocycles. The van der Waals surface area contributed by atoms with Gasteiger partial charge in [0.2, 0.25) is 0 Å². The Labute approximate surface area is 202 Å². The summed E-state index contributed by atoms with van der Waals surface area (Å²) in [5.74, 6) is -0.898. The van der Waals surface area contributed by atoms with E-state index in [4.69, 9.17) is 9.15 Å². The van der Waals surface area contributed by atoms with Crippen LogP contribution in [0.25, 0.3) is 6.08 Å². The summed E-state index contributed by atoms with van der Waals surface area (Å²) in [7, 11) is 1.27. The lowest BCUT2D eigenvalue weighted by Crippen LogP contribution is -2.16. The lowest BCUT2D eigenvalue weighted by molar-refractivity contribution is 0.102. The van der Waals surface area contributed by atoms with Crippen LogP contribution in [0.15, 0.2) is 45.3 Å². The molecule has 0 fully saturated rings. The average molecular weight is 490 g/mol. The van der Waals surface area contributed by atoms with Crippen LogP contribution in [-0.2, 0) is 16.1 Å². The summed E-state index contributed by atoms with van der Waals surface area (Å²) in [6.45, 7) is 6.68. The number of thiophene rings is 1. The van der Waals surface area contributed by atoms with Crippen LogP contribution in [0, 0.1) is 0 Å². The van der Waals surface area contributed by atoms with Gasteiger partial charge in [0.05, 0.1) is 13.7 Å². The zero-order chi connectivity index (χ0) is 25.1. The monoisotopic (exact) mass is 489 g/mol. The molecule has 0 saturated carbocycles. The fourth-order valence-corrected chi connectivity index (χ4v) is 4.00. The highest BCUT2D eigenvalue weighted by Gasteiger charge is 2.22. The third-order valence-corrected chi connectivity index (χ3v) is 5.93. The standard InChI is InChI=1S/C25H31NO7S/c1-5-12-32-15-19-10-9-18(34-19)13-17(3)23(28)22-20(27)14-21(33-24(22)29)16(2)8-6-7-11-26-25(30)31-4/h7,9-11,13-14,16,27H,5-6,8,12,15H2,1-4H3,(H,26,30)/b11-7+,17-13?. The van der Waals surface area contributed by atoms with Gasteiger partial charge in [-0.2, -0.15) is 0 Å². The maximum absolute atomic E-state index is 12.9. The molecule has 0 aliphatic heterocycles. The molecule has 2 rings (SSSR count). The number of ketones is 1. The number of ether oxygens (including phenoxy) is 2. The molecule has 0 spiro atoms. The van der Waals surface area contributed by atoms with Crippen molar-refractivity contribution in [2.45, 2.75) is 52.6 Å². The Balaban J connectivity index is 2.07. The van der Waals surface area contributed by atoms with Crippen molar-refractivity contribution in [3.05, 3.63) is 67.5 Å². The van der Waals surface area contributed by atoms with Crippen molar-refractivity contribution in [1.29, 1.82) is 0 Å². The number of nitrogens with one attached hydrogen (secondary N) is 1. The number of carbonyl (C=O) groups is 2. The number of methoxy groups -OCH3 is 1. The van der Waals surface area contributed by atoms with E-state index in [2.05, 4.69) is 10.1 Å². The minimum absolute atomic E-state index is 0.193. The van der Waals surface area contributed by atoms with Gasteiger partial charge in [-0.3, -0.25) is 10.1 Å². The predicted octanol–water partition coefficient (Wildman–Crippen LogP) is 5.37. The lowest BCUT2D eigenvalue weighted by atomic mass is 10.00. The van der Waals surface area contributed by atoms with Gasteiger partial charge in [-0.15, -0.1) is 11.3 Å². The quantitative estimate of drug-likeness (QED) is 0.234. The molecule has 0 saturated heterocycles. The minimum atomic E-state index is -0.873. The maximum Gasteiger partial charge on any atom is 0.410 e. The maximum atomic E-state index is 12.9. The molecule has 0 bridgehead atoms. The van der Waals surface area contributed by atoms with E-state index in [1.807, 2.05) is 26.0 Å². The van der Waals surface area contributed by atoms with Crippen molar-refractivity contribution in [3.8, 4) is 5.75 Å². The number of allylic oxidation sites excluding steroid dienone is 2. The normalized spacial score (nSPS) is 12.6. The average Bonchev–Trinajstić information content (AvgIpc) is 3.25. The van der Waals surface area contributed by atoms with Gasteiger partial charge in [0, 0.05) is 34.5 Å². The fourth-order valence-electron chi connectivity index (χ4n) is 3.05. The summed E-state index contributed by atoms with van der Waals surface area (Å²) in [5.41, 5.74) is -0.938. The molecule has 0 aliphatic rings. The molecule has 9 heteroatoms. The van der Waals surface area contributed by atoms with E-state index in [0.29, 0.717) is 31.6 Å². The smallest absolute Gasteiger partial charge is 0.410 e. The molecule has 2 N–H and O–H groups in total. The minimum Gasteiger partial charge on any atom is -0.507 e. The molecule has 2 heterocycles. The number of hydrogen-bond acceptors (Lipinski definition) is 8. The van der Waals surface area contributed by atoms with Gasteiger partial charge in [-0.25, -0.2) is 9.59 Å². The Hall–Kier alpha value is -3.17. The van der Waals surface area contributed by atoms with Crippen molar-refractivity contribution in [2.24, 2.45) is 0 Å². The highest BCUT2D eigenvalue weighted by molar-refractivity contribution is 7.12. The molecule has 1 amide bonds. The first kappa shape index (κ1) is 27.1. The first-order valence-corrected chi connectivity index (χ1v) is 11.8. The van der Waals surface area contributed by atoms with Crippen LogP contribution in [0.2, 0.25) is 0 Å². The number of aromatic hydroxyl groups is 1. The third kappa shape index (κ3) is 8.00. The number of amides is 1. The van der Waals surface area contributed by atoms with Gasteiger partial charge in [-0.1, -0.05) is 19.9 Å². The summed E-state index contributed by atoms with van der Waals surface area (Å²) < 4.78 is 15.3. The molecule has 0 aromatic carbocycles. The Morgan fingerprint density at radius 3 is 2.76 bits per heavy atom. The van der Waals surface area contributed by atoms with E-state index < -0.39 is 23.3 Å². The van der Waals surface area contributed by atoms with Crippen LogP contribution in [0.1, 0.15) is 71.8 Å². The van der Waals surface area contributed by atoms with Gasteiger partial charge >= 0.3 is 11.7 Å². The summed E-state index contributed by atoms with van der Waals surface area (Å²) in [5, 5.41) is 12.9. The van der Waals surface area contributed by atoms with E-state index in [1.54, 1.807) is 19.1 Å². The second-order valence-corrected chi connectivity index (χ2v) is 8.93. The second-order valence-electron chi connectivity index (χ2n) is 7.73. The zero-order valence-electron chi connectivity index (χ0n) is 19.9. The highest BCUT2D eigenvalue weighted by atomic mass is 32.1. The predicted molar refractivity (Wildman–Crippen MR) is 131 cm³/mol. The first-order valence-electron chi connectivity index (χ1n) is 11.0. The molecule has 1 atom stereocenters. The zero-order valence-corrected chi connectivity index (χ0v) is 20.7. The molecule has 184 valence electrons. The van der Waals surface area contributed by atoms with Crippen LogP contribution in [0.5, 0.6) is 5.75 Å². The van der Waals surface area contributed by atoms with Crippen LogP contribution in [-0.4, -0.2) is 30.7 Å². The largest absolute Gasteiger partial charge is 0.507 e. The van der Waals surface area contributed by atoms with Crippen molar-refractivity contribution >= 4 is 29.3 Å². The van der Waals surface area contributed by atoms with E-state index in [-0.39, 0.29) is 17.2 Å². The molecule has 34 heavy (non-hydrogen) atoms. The van der Waals surface area contributed by atoms with E-state index in [1.165, 1.54) is 30.7 Å². The van der Waals surface area contributed by atoms with Crippen LogP contribution in [0.4, 0.5) is 4.79 Å². The Morgan fingerprint density at radius 1 is 1.32 bits per heavy atom. The first-order chi connectivity index (χ1) is 16.3. The summed E-state index contributed by atoms with van der Waals surface area (Å²) in [4.78, 5) is 38.3. The van der Waals surface area contributed by atoms with Crippen molar-refractivity contribution < 1.29 is 28.6 Å². The SMILES string of the molecule is CCCOCc1ccc(C=C(C)C(=O)c2c(O)cc(C(C)CC/C=C/NC(=O)OC)oc2=O)s1. The van der Waals surface area contributed by atoms with Crippen molar-refractivity contribution in [3.63, 3.8) is 0 Å². The molecule has 2 aromatic rings. The van der Waals surface area contributed by atoms with E-state index in [0.717, 1.165) is 16.2 Å². The summed E-state index contributed by atoms with van der Waals surface area (Å²) >= 11 is 1.50. The third-order valence-electron chi connectivity index (χ3n) is 4.93. The van der Waals surface area contributed by atoms with Gasteiger partial charge < -0.3 is 19.0 Å². The Kier molecular flexibility index (Phi) is 10.8. The van der Waals surface area contributed by atoms with Gasteiger partial charge in [0.1, 0.15) is 17.1 Å². The van der Waals surface area contributed by atoms with Crippen LogP contribution in [0.3, 0.4) is 0 Å². The van der Waals surface area contributed by atoms with Crippen molar-refractivity contribution in [1.82, 2.24) is 5.32 Å². The Bertz CT molecular complexity index is 1100. The molecular formula is C25H31NO7S. The molecule has 0 radical (unpaired) electrons. The summed E-state index contributed by atoms with van der Waals surface area (Å²) in [6, 6.07) is 5.14. The topological polar surface area (TPSA) is 115 Å². The number of alkyl carbamates (subject to hydrolysis) is 1. The number of hydrogen-bond donors (Lipinski definition) is 2. The molecule has 0 aliphatic carbocycles. The van der Waals surface area contributed by atoms with Crippen LogP contribution < -0.4 is 10.9 Å². The van der Waals surface area contributed by atoms with Crippen LogP contribution >= 0.6 is 11.3 Å².